The molecule has 1 saturated heterocycles. The summed E-state index contributed by atoms with van der Waals surface area (Å²) < 4.78 is 4.77. The summed E-state index contributed by atoms with van der Waals surface area (Å²) in [7, 11) is 1.41. The molecule has 0 radical (unpaired) electrons. The van der Waals surface area contributed by atoms with Gasteiger partial charge in [0.05, 0.1) is 12.8 Å². The summed E-state index contributed by atoms with van der Waals surface area (Å²) in [6.45, 7) is 9.33. The molecule has 19 heavy (non-hydrogen) atoms. The largest absolute Gasteiger partial charge is 0.465 e. The highest BCUT2D eigenvalue weighted by Gasteiger charge is 2.22. The average Bonchev–Trinajstić information content (AvgIpc) is 2.81. The van der Waals surface area contributed by atoms with Gasteiger partial charge in [-0.1, -0.05) is 18.3 Å². The molecular weight excluding hydrogens is 262 g/mol. The van der Waals surface area contributed by atoms with Gasteiger partial charge in [-0.15, -0.1) is 0 Å². The number of carbonyl (C=O) groups is 1. The van der Waals surface area contributed by atoms with Gasteiger partial charge in [-0.25, -0.2) is 9.78 Å². The molecule has 5 nitrogen and oxygen atoms in total. The maximum absolute atomic E-state index is 11.6. The van der Waals surface area contributed by atoms with E-state index in [-0.39, 0.29) is 5.97 Å². The van der Waals surface area contributed by atoms with Crippen LogP contribution in [0.5, 0.6) is 0 Å². The molecule has 0 unspecified atom stereocenters. The Hall–Kier alpha value is -1.14. The summed E-state index contributed by atoms with van der Waals surface area (Å²) in [4.78, 5) is 21.4. The number of rotatable bonds is 4. The predicted molar refractivity (Wildman–Crippen MR) is 77.1 cm³/mol. The van der Waals surface area contributed by atoms with Gasteiger partial charge >= 0.3 is 5.97 Å². The zero-order chi connectivity index (χ0) is 13.8. The number of hydrogen-bond donors (Lipinski definition) is 0. The monoisotopic (exact) mass is 283 g/mol. The second-order valence-electron chi connectivity index (χ2n) is 4.73. The number of aromatic nitrogens is 1. The molecule has 106 valence electrons. The Morgan fingerprint density at radius 3 is 2.63 bits per heavy atom. The third kappa shape index (κ3) is 3.25. The SMILES string of the molecule is CCCN1CCN(c2nc(C)c(C(=O)OC)s2)CC1. The number of hydrogen-bond acceptors (Lipinski definition) is 6. The molecule has 0 aliphatic carbocycles. The molecule has 1 aromatic heterocycles. The van der Waals surface area contributed by atoms with E-state index in [1.165, 1.54) is 24.9 Å². The van der Waals surface area contributed by atoms with E-state index in [1.54, 1.807) is 0 Å². The standard InChI is InChI=1S/C13H21N3O2S/c1-4-5-15-6-8-16(9-7-15)13-14-10(2)11(19-13)12(17)18-3/h4-9H2,1-3H3. The van der Waals surface area contributed by atoms with Crippen LogP contribution in [0.1, 0.15) is 28.7 Å². The van der Waals surface area contributed by atoms with Gasteiger partial charge in [-0.2, -0.15) is 0 Å². The molecule has 0 amide bonds. The molecule has 2 rings (SSSR count). The number of nitrogens with zero attached hydrogens (tertiary/aromatic N) is 3. The first-order valence-electron chi connectivity index (χ1n) is 6.68. The number of esters is 1. The molecule has 1 aliphatic rings. The summed E-state index contributed by atoms with van der Waals surface area (Å²) in [6, 6.07) is 0. The zero-order valence-electron chi connectivity index (χ0n) is 11.8. The van der Waals surface area contributed by atoms with Crippen LogP contribution in [0.25, 0.3) is 0 Å². The summed E-state index contributed by atoms with van der Waals surface area (Å²) in [5.74, 6) is -0.286. The minimum atomic E-state index is -0.286. The van der Waals surface area contributed by atoms with Gasteiger partial charge in [0.2, 0.25) is 0 Å². The van der Waals surface area contributed by atoms with Gasteiger partial charge in [0, 0.05) is 26.2 Å². The van der Waals surface area contributed by atoms with Crippen molar-refractivity contribution in [2.24, 2.45) is 0 Å². The van der Waals surface area contributed by atoms with E-state index >= 15 is 0 Å². The molecule has 0 bridgehead atoms. The molecule has 0 saturated carbocycles. The highest BCUT2D eigenvalue weighted by atomic mass is 32.1. The van der Waals surface area contributed by atoms with Crippen LogP contribution in [0, 0.1) is 6.92 Å². The quantitative estimate of drug-likeness (QED) is 0.788. The predicted octanol–water partition coefficient (Wildman–Crippen LogP) is 1.77. The number of ether oxygens (including phenoxy) is 1. The smallest absolute Gasteiger partial charge is 0.350 e. The van der Waals surface area contributed by atoms with Gasteiger partial charge in [0.1, 0.15) is 4.88 Å². The van der Waals surface area contributed by atoms with E-state index in [2.05, 4.69) is 21.7 Å². The van der Waals surface area contributed by atoms with Crippen LogP contribution < -0.4 is 4.90 Å². The van der Waals surface area contributed by atoms with E-state index in [9.17, 15) is 4.79 Å². The minimum Gasteiger partial charge on any atom is -0.465 e. The van der Waals surface area contributed by atoms with Crippen LogP contribution in [0.15, 0.2) is 0 Å². The minimum absolute atomic E-state index is 0.286. The van der Waals surface area contributed by atoms with Crippen molar-refractivity contribution in [2.45, 2.75) is 20.3 Å². The van der Waals surface area contributed by atoms with Crippen molar-refractivity contribution in [3.8, 4) is 0 Å². The highest BCUT2D eigenvalue weighted by Crippen LogP contribution is 2.27. The van der Waals surface area contributed by atoms with E-state index in [1.807, 2.05) is 6.92 Å². The Labute approximate surface area is 118 Å². The molecule has 6 heteroatoms. The van der Waals surface area contributed by atoms with E-state index < -0.39 is 0 Å². The lowest BCUT2D eigenvalue weighted by Crippen LogP contribution is -2.46. The molecule has 1 aliphatic heterocycles. The Balaban J connectivity index is 2.02. The van der Waals surface area contributed by atoms with Gasteiger partial charge < -0.3 is 9.64 Å². The summed E-state index contributed by atoms with van der Waals surface area (Å²) in [5, 5.41) is 0.939. The van der Waals surface area contributed by atoms with E-state index in [0.717, 1.165) is 43.5 Å². The van der Waals surface area contributed by atoms with Crippen molar-refractivity contribution in [3.63, 3.8) is 0 Å². The van der Waals surface area contributed by atoms with Crippen LogP contribution >= 0.6 is 11.3 Å². The average molecular weight is 283 g/mol. The van der Waals surface area contributed by atoms with Crippen LogP contribution in [0.3, 0.4) is 0 Å². The Bertz CT molecular complexity index is 439. The topological polar surface area (TPSA) is 45.7 Å². The number of anilines is 1. The van der Waals surface area contributed by atoms with Crippen LogP contribution in [0.2, 0.25) is 0 Å². The molecule has 0 aromatic carbocycles. The molecule has 0 spiro atoms. The first-order chi connectivity index (χ1) is 9.15. The van der Waals surface area contributed by atoms with Crippen molar-refractivity contribution in [1.29, 1.82) is 0 Å². The number of thiazole rings is 1. The van der Waals surface area contributed by atoms with Crippen molar-refractivity contribution in [3.05, 3.63) is 10.6 Å². The lowest BCUT2D eigenvalue weighted by molar-refractivity contribution is 0.0605. The number of carbonyl (C=O) groups excluding carboxylic acids is 1. The Kier molecular flexibility index (Phi) is 4.76. The Morgan fingerprint density at radius 1 is 1.37 bits per heavy atom. The lowest BCUT2D eigenvalue weighted by Gasteiger charge is -2.34. The lowest BCUT2D eigenvalue weighted by atomic mass is 10.3. The van der Waals surface area contributed by atoms with Crippen LogP contribution in [0.4, 0.5) is 5.13 Å². The molecule has 0 atom stereocenters. The van der Waals surface area contributed by atoms with E-state index in [0.29, 0.717) is 4.88 Å². The molecule has 1 aromatic rings. The number of aryl methyl sites for hydroxylation is 1. The summed E-state index contributed by atoms with van der Waals surface area (Å²) >= 11 is 1.44. The van der Waals surface area contributed by atoms with Gasteiger partial charge in [0.15, 0.2) is 5.13 Å². The third-order valence-electron chi connectivity index (χ3n) is 3.34. The van der Waals surface area contributed by atoms with Crippen LogP contribution in [-0.2, 0) is 4.74 Å². The van der Waals surface area contributed by atoms with Crippen molar-refractivity contribution < 1.29 is 9.53 Å². The maximum Gasteiger partial charge on any atom is 0.350 e. The number of piperazine rings is 1. The van der Waals surface area contributed by atoms with Crippen molar-refractivity contribution >= 4 is 22.4 Å². The first-order valence-corrected chi connectivity index (χ1v) is 7.50. The van der Waals surface area contributed by atoms with Gasteiger partial charge in [0.25, 0.3) is 0 Å². The van der Waals surface area contributed by atoms with E-state index in [4.69, 9.17) is 4.74 Å². The molecule has 1 fully saturated rings. The van der Waals surface area contributed by atoms with Gasteiger partial charge in [-0.3, -0.25) is 4.90 Å². The molecular formula is C13H21N3O2S. The van der Waals surface area contributed by atoms with Crippen molar-refractivity contribution in [2.75, 3.05) is 44.7 Å². The molecule has 0 N–H and O–H groups in total. The van der Waals surface area contributed by atoms with Crippen LogP contribution in [-0.4, -0.2) is 55.7 Å². The fraction of sp³-hybridized carbons (Fsp3) is 0.692. The second kappa shape index (κ2) is 6.34. The number of methoxy groups -OCH3 is 1. The Morgan fingerprint density at radius 2 is 2.05 bits per heavy atom. The fourth-order valence-corrected chi connectivity index (χ4v) is 3.32. The second-order valence-corrected chi connectivity index (χ2v) is 5.71. The summed E-state index contributed by atoms with van der Waals surface area (Å²) in [6.07, 6.45) is 1.20. The maximum atomic E-state index is 11.6. The fourth-order valence-electron chi connectivity index (χ4n) is 2.28. The zero-order valence-corrected chi connectivity index (χ0v) is 12.6. The first kappa shape index (κ1) is 14.3. The highest BCUT2D eigenvalue weighted by molar-refractivity contribution is 7.17. The van der Waals surface area contributed by atoms with Gasteiger partial charge in [-0.05, 0) is 19.9 Å². The normalized spacial score (nSPS) is 16.7. The third-order valence-corrected chi connectivity index (χ3v) is 4.54. The van der Waals surface area contributed by atoms with Crippen molar-refractivity contribution in [1.82, 2.24) is 9.88 Å². The summed E-state index contributed by atoms with van der Waals surface area (Å²) in [5.41, 5.74) is 0.767. The molecule has 2 heterocycles.